The van der Waals surface area contributed by atoms with Gasteiger partial charge in [-0.1, -0.05) is 17.7 Å². The Morgan fingerprint density at radius 2 is 2.05 bits per heavy atom. The zero-order valence-corrected chi connectivity index (χ0v) is 11.2. The summed E-state index contributed by atoms with van der Waals surface area (Å²) in [6.45, 7) is 0. The van der Waals surface area contributed by atoms with Crippen LogP contribution in [0.3, 0.4) is 0 Å². The predicted octanol–water partition coefficient (Wildman–Crippen LogP) is 2.81. The third-order valence-electron chi connectivity index (χ3n) is 3.11. The fourth-order valence-corrected chi connectivity index (χ4v) is 2.36. The van der Waals surface area contributed by atoms with E-state index in [9.17, 15) is 14.0 Å². The number of halogens is 2. The number of imidazole rings is 1. The molecule has 0 saturated carbocycles. The smallest absolute Gasteiger partial charge is 0.337 e. The Kier molecular flexibility index (Phi) is 3.03. The second-order valence-corrected chi connectivity index (χ2v) is 4.78. The molecule has 0 bridgehead atoms. The van der Waals surface area contributed by atoms with Gasteiger partial charge in [0.15, 0.2) is 0 Å². The van der Waals surface area contributed by atoms with E-state index in [1.807, 2.05) is 0 Å². The van der Waals surface area contributed by atoms with Crippen molar-refractivity contribution in [3.8, 4) is 5.69 Å². The van der Waals surface area contributed by atoms with E-state index in [4.69, 9.17) is 16.7 Å². The van der Waals surface area contributed by atoms with Crippen molar-refractivity contribution in [1.82, 2.24) is 9.55 Å². The van der Waals surface area contributed by atoms with E-state index in [1.165, 1.54) is 28.8 Å². The first-order valence-corrected chi connectivity index (χ1v) is 6.29. The van der Waals surface area contributed by atoms with Gasteiger partial charge >= 0.3 is 11.7 Å². The van der Waals surface area contributed by atoms with E-state index in [-0.39, 0.29) is 16.1 Å². The van der Waals surface area contributed by atoms with Crippen LogP contribution in [-0.4, -0.2) is 20.6 Å². The van der Waals surface area contributed by atoms with Crippen LogP contribution in [0.15, 0.2) is 41.2 Å². The SMILES string of the molecule is O=C(O)c1cccc2c1[nH]c(=O)n2-c1ccc(F)c(Cl)c1. The number of aromatic nitrogens is 2. The van der Waals surface area contributed by atoms with Gasteiger partial charge in [0.25, 0.3) is 0 Å². The number of hydrogen-bond donors (Lipinski definition) is 2. The molecule has 3 rings (SSSR count). The monoisotopic (exact) mass is 306 g/mol. The second kappa shape index (κ2) is 4.75. The summed E-state index contributed by atoms with van der Waals surface area (Å²) in [5.41, 5.74) is 0.385. The Hall–Kier alpha value is -2.60. The van der Waals surface area contributed by atoms with Gasteiger partial charge < -0.3 is 10.1 Å². The van der Waals surface area contributed by atoms with Crippen LogP contribution in [0.25, 0.3) is 16.7 Å². The fourth-order valence-electron chi connectivity index (χ4n) is 2.19. The molecule has 0 unspecified atom stereocenters. The van der Waals surface area contributed by atoms with Gasteiger partial charge in [-0.3, -0.25) is 4.57 Å². The molecular weight excluding hydrogens is 299 g/mol. The number of nitrogens with one attached hydrogen (secondary N) is 1. The number of para-hydroxylation sites is 1. The molecule has 5 nitrogen and oxygen atoms in total. The molecule has 0 fully saturated rings. The van der Waals surface area contributed by atoms with Gasteiger partial charge in [0.1, 0.15) is 5.82 Å². The Labute approximate surface area is 122 Å². The summed E-state index contributed by atoms with van der Waals surface area (Å²) in [5, 5.41) is 9.01. The standard InChI is InChI=1S/C14H8ClFN2O3/c15-9-6-7(4-5-10(9)16)18-11-3-1-2-8(13(19)20)12(11)17-14(18)21/h1-6H,(H,17,21)(H,19,20). The molecule has 106 valence electrons. The molecule has 0 aliphatic heterocycles. The number of carboxylic acids is 1. The van der Waals surface area contributed by atoms with Crippen molar-refractivity contribution in [2.24, 2.45) is 0 Å². The zero-order valence-electron chi connectivity index (χ0n) is 10.4. The number of H-pyrrole nitrogens is 1. The normalized spacial score (nSPS) is 11.0. The van der Waals surface area contributed by atoms with Crippen LogP contribution in [0.5, 0.6) is 0 Å². The Balaban J connectivity index is 2.35. The number of carbonyl (C=O) groups is 1. The van der Waals surface area contributed by atoms with Crippen LogP contribution in [-0.2, 0) is 0 Å². The summed E-state index contributed by atoms with van der Waals surface area (Å²) in [7, 11) is 0. The first-order chi connectivity index (χ1) is 9.99. The van der Waals surface area contributed by atoms with Crippen molar-refractivity contribution in [3.63, 3.8) is 0 Å². The van der Waals surface area contributed by atoms with Crippen LogP contribution in [0.1, 0.15) is 10.4 Å². The van der Waals surface area contributed by atoms with Crippen molar-refractivity contribution >= 4 is 28.6 Å². The first kappa shape index (κ1) is 13.4. The maximum atomic E-state index is 13.2. The summed E-state index contributed by atoms with van der Waals surface area (Å²) in [5.74, 6) is -1.74. The van der Waals surface area contributed by atoms with Gasteiger partial charge in [-0.05, 0) is 30.3 Å². The number of rotatable bonds is 2. The van der Waals surface area contributed by atoms with E-state index in [2.05, 4.69) is 4.98 Å². The maximum Gasteiger partial charge on any atom is 0.337 e. The molecule has 2 N–H and O–H groups in total. The number of aromatic amines is 1. The molecule has 0 saturated heterocycles. The molecule has 0 radical (unpaired) electrons. The number of carboxylic acid groups (broad SMARTS) is 1. The first-order valence-electron chi connectivity index (χ1n) is 5.91. The molecule has 1 heterocycles. The number of benzene rings is 2. The van der Waals surface area contributed by atoms with Crippen molar-refractivity contribution in [2.75, 3.05) is 0 Å². The van der Waals surface area contributed by atoms with Crippen LogP contribution >= 0.6 is 11.6 Å². The quantitative estimate of drug-likeness (QED) is 0.764. The molecule has 1 aromatic heterocycles. The summed E-state index contributed by atoms with van der Waals surface area (Å²) >= 11 is 5.72. The Bertz CT molecular complexity index is 930. The molecule has 0 atom stereocenters. The van der Waals surface area contributed by atoms with Gasteiger partial charge in [0, 0.05) is 0 Å². The van der Waals surface area contributed by atoms with Gasteiger partial charge in [0.05, 0.1) is 27.3 Å². The van der Waals surface area contributed by atoms with E-state index >= 15 is 0 Å². The Morgan fingerprint density at radius 1 is 1.29 bits per heavy atom. The molecule has 7 heteroatoms. The average molecular weight is 307 g/mol. The highest BCUT2D eigenvalue weighted by Gasteiger charge is 2.15. The average Bonchev–Trinajstić information content (AvgIpc) is 2.77. The van der Waals surface area contributed by atoms with Crippen LogP contribution in [0, 0.1) is 5.82 Å². The molecule has 0 aliphatic rings. The minimum Gasteiger partial charge on any atom is -0.478 e. The molecule has 2 aromatic carbocycles. The van der Waals surface area contributed by atoms with Gasteiger partial charge in [-0.25, -0.2) is 14.0 Å². The highest BCUT2D eigenvalue weighted by molar-refractivity contribution is 6.30. The molecule has 3 aromatic rings. The lowest BCUT2D eigenvalue weighted by Crippen LogP contribution is -2.14. The largest absolute Gasteiger partial charge is 0.478 e. The van der Waals surface area contributed by atoms with Gasteiger partial charge in [-0.2, -0.15) is 0 Å². The van der Waals surface area contributed by atoms with E-state index in [1.54, 1.807) is 6.07 Å². The minimum absolute atomic E-state index is 0.0171. The van der Waals surface area contributed by atoms with Crippen LogP contribution in [0.2, 0.25) is 5.02 Å². The van der Waals surface area contributed by atoms with Crippen LogP contribution in [0.4, 0.5) is 4.39 Å². The Morgan fingerprint density at radius 3 is 2.71 bits per heavy atom. The molecule has 0 amide bonds. The third-order valence-corrected chi connectivity index (χ3v) is 3.40. The summed E-state index contributed by atoms with van der Waals surface area (Å²) < 4.78 is 14.5. The molecule has 0 aliphatic carbocycles. The highest BCUT2D eigenvalue weighted by Crippen LogP contribution is 2.22. The van der Waals surface area contributed by atoms with Gasteiger partial charge in [0.2, 0.25) is 0 Å². The van der Waals surface area contributed by atoms with E-state index in [0.29, 0.717) is 11.2 Å². The van der Waals surface area contributed by atoms with E-state index in [0.717, 1.165) is 6.07 Å². The van der Waals surface area contributed by atoms with Crippen molar-refractivity contribution in [1.29, 1.82) is 0 Å². The van der Waals surface area contributed by atoms with Crippen LogP contribution < -0.4 is 5.69 Å². The molecule has 21 heavy (non-hydrogen) atoms. The number of hydrogen-bond acceptors (Lipinski definition) is 2. The molecular formula is C14H8ClFN2O3. The topological polar surface area (TPSA) is 75.1 Å². The number of nitrogens with zero attached hydrogens (tertiary/aromatic N) is 1. The second-order valence-electron chi connectivity index (χ2n) is 4.37. The zero-order chi connectivity index (χ0) is 15.1. The number of aromatic carboxylic acids is 1. The summed E-state index contributed by atoms with van der Waals surface area (Å²) in [4.78, 5) is 25.8. The third kappa shape index (κ3) is 2.09. The predicted molar refractivity (Wildman–Crippen MR) is 75.8 cm³/mol. The number of fused-ring (bicyclic) bond motifs is 1. The summed E-state index contributed by atoms with van der Waals surface area (Å²) in [6.07, 6.45) is 0. The van der Waals surface area contributed by atoms with Crippen molar-refractivity contribution in [3.05, 3.63) is 63.3 Å². The minimum atomic E-state index is -1.15. The van der Waals surface area contributed by atoms with Crippen molar-refractivity contribution < 1.29 is 14.3 Å². The lowest BCUT2D eigenvalue weighted by molar-refractivity contribution is 0.0699. The molecule has 0 spiro atoms. The van der Waals surface area contributed by atoms with Gasteiger partial charge in [-0.15, -0.1) is 0 Å². The maximum absolute atomic E-state index is 13.2. The highest BCUT2D eigenvalue weighted by atomic mass is 35.5. The lowest BCUT2D eigenvalue weighted by atomic mass is 10.2. The fraction of sp³-hybridized carbons (Fsp3) is 0. The lowest BCUT2D eigenvalue weighted by Gasteiger charge is -2.05. The summed E-state index contributed by atoms with van der Waals surface area (Å²) in [6, 6.07) is 8.35. The van der Waals surface area contributed by atoms with E-state index < -0.39 is 17.5 Å². The van der Waals surface area contributed by atoms with Crippen molar-refractivity contribution in [2.45, 2.75) is 0 Å².